The highest BCUT2D eigenvalue weighted by Gasteiger charge is 2.29. The lowest BCUT2D eigenvalue weighted by molar-refractivity contribution is 0.0434. The molecule has 3 aromatic rings. The molecule has 29 heavy (non-hydrogen) atoms. The molecule has 3 N–H and O–H groups in total. The fourth-order valence-electron chi connectivity index (χ4n) is 2.74. The number of nitrogens with one attached hydrogen (secondary N) is 1. The quantitative estimate of drug-likeness (QED) is 0.443. The molecule has 2 aromatic heterocycles. The van der Waals surface area contributed by atoms with Gasteiger partial charge in [0.15, 0.2) is 5.69 Å². The molecule has 152 valence electrons. The van der Waals surface area contributed by atoms with E-state index in [2.05, 4.69) is 10.2 Å². The molecule has 0 saturated heterocycles. The van der Waals surface area contributed by atoms with Crippen LogP contribution >= 0.6 is 11.3 Å². The molecule has 0 spiro atoms. The van der Waals surface area contributed by atoms with E-state index in [-0.39, 0.29) is 46.5 Å². The standard InChI is InChI=1S/C19H19N3O6S/c1-3-26-17(23)13-11(15(29-16(13)20)19(25)27-4-2)9-28-18(24)14-10-7-5-6-8-12(10)21-22-14/h5-8H,3-4,9,20H2,1-2H3,(H,21,22). The van der Waals surface area contributed by atoms with E-state index in [0.717, 1.165) is 11.3 Å². The van der Waals surface area contributed by atoms with Crippen molar-refractivity contribution in [1.29, 1.82) is 0 Å². The normalized spacial score (nSPS) is 10.7. The molecule has 0 amide bonds. The molecule has 0 saturated carbocycles. The van der Waals surface area contributed by atoms with Crippen LogP contribution in [0.1, 0.15) is 49.9 Å². The Hall–Kier alpha value is -3.40. The molecule has 0 atom stereocenters. The SMILES string of the molecule is CCOC(=O)c1sc(N)c(C(=O)OCC)c1COC(=O)c1n[nH]c2ccccc12. The number of esters is 3. The van der Waals surface area contributed by atoms with E-state index < -0.39 is 17.9 Å². The fourth-order valence-corrected chi connectivity index (χ4v) is 3.69. The topological polar surface area (TPSA) is 134 Å². The number of nitrogens with two attached hydrogens (primary N) is 1. The number of aromatic amines is 1. The maximum Gasteiger partial charge on any atom is 0.359 e. The molecule has 0 bridgehead atoms. The second-order valence-electron chi connectivity index (χ2n) is 5.78. The molecule has 0 radical (unpaired) electrons. The highest BCUT2D eigenvalue weighted by Crippen LogP contribution is 2.33. The third-order valence-electron chi connectivity index (χ3n) is 3.99. The number of H-pyrrole nitrogens is 1. The molecule has 10 heteroatoms. The first kappa shape index (κ1) is 20.3. The average molecular weight is 417 g/mol. The minimum absolute atomic E-state index is 0.000381. The van der Waals surface area contributed by atoms with Gasteiger partial charge in [-0.2, -0.15) is 5.10 Å². The Bertz CT molecular complexity index is 1070. The summed E-state index contributed by atoms with van der Waals surface area (Å²) in [5, 5.41) is 7.41. The van der Waals surface area contributed by atoms with Crippen LogP contribution < -0.4 is 5.73 Å². The van der Waals surface area contributed by atoms with E-state index in [1.165, 1.54) is 0 Å². The van der Waals surface area contributed by atoms with Crippen LogP contribution in [0.2, 0.25) is 0 Å². The van der Waals surface area contributed by atoms with Crippen molar-refractivity contribution in [3.05, 3.63) is 46.0 Å². The number of benzene rings is 1. The van der Waals surface area contributed by atoms with Crippen molar-refractivity contribution >= 4 is 45.1 Å². The monoisotopic (exact) mass is 417 g/mol. The number of hydrogen-bond donors (Lipinski definition) is 2. The number of ether oxygens (including phenoxy) is 3. The van der Waals surface area contributed by atoms with Gasteiger partial charge >= 0.3 is 17.9 Å². The molecule has 0 aliphatic heterocycles. The highest BCUT2D eigenvalue weighted by molar-refractivity contribution is 7.18. The summed E-state index contributed by atoms with van der Waals surface area (Å²) in [5.74, 6) is -2.07. The van der Waals surface area contributed by atoms with Gasteiger partial charge in [-0.05, 0) is 19.9 Å². The van der Waals surface area contributed by atoms with Crippen LogP contribution in [0.25, 0.3) is 10.9 Å². The summed E-state index contributed by atoms with van der Waals surface area (Å²) in [7, 11) is 0. The van der Waals surface area contributed by atoms with Crippen molar-refractivity contribution < 1.29 is 28.6 Å². The zero-order valence-corrected chi connectivity index (χ0v) is 16.6. The summed E-state index contributed by atoms with van der Waals surface area (Å²) in [6, 6.07) is 7.08. The van der Waals surface area contributed by atoms with Crippen molar-refractivity contribution in [2.45, 2.75) is 20.5 Å². The lowest BCUT2D eigenvalue weighted by Crippen LogP contribution is -2.14. The Morgan fingerprint density at radius 1 is 1.03 bits per heavy atom. The third kappa shape index (κ3) is 4.06. The number of carbonyl (C=O) groups excluding carboxylic acids is 3. The average Bonchev–Trinajstić information content (AvgIpc) is 3.27. The molecule has 2 heterocycles. The van der Waals surface area contributed by atoms with Crippen molar-refractivity contribution in [2.24, 2.45) is 0 Å². The number of fused-ring (bicyclic) bond motifs is 1. The lowest BCUT2D eigenvalue weighted by atomic mass is 10.1. The molecule has 0 unspecified atom stereocenters. The lowest BCUT2D eigenvalue weighted by Gasteiger charge is -2.08. The van der Waals surface area contributed by atoms with Gasteiger partial charge in [0.05, 0.1) is 18.7 Å². The van der Waals surface area contributed by atoms with E-state index in [4.69, 9.17) is 19.9 Å². The van der Waals surface area contributed by atoms with Gasteiger partial charge in [-0.3, -0.25) is 5.10 Å². The van der Waals surface area contributed by atoms with Crippen LogP contribution in [0.15, 0.2) is 24.3 Å². The molecule has 3 rings (SSSR count). The van der Waals surface area contributed by atoms with Crippen LogP contribution in [0.3, 0.4) is 0 Å². The Balaban J connectivity index is 1.91. The van der Waals surface area contributed by atoms with Gasteiger partial charge in [0.2, 0.25) is 0 Å². The van der Waals surface area contributed by atoms with Gasteiger partial charge in [-0.1, -0.05) is 18.2 Å². The Kier molecular flexibility index (Phi) is 6.13. The van der Waals surface area contributed by atoms with E-state index >= 15 is 0 Å². The Morgan fingerprint density at radius 3 is 2.45 bits per heavy atom. The van der Waals surface area contributed by atoms with Crippen LogP contribution in [0, 0.1) is 0 Å². The van der Waals surface area contributed by atoms with E-state index in [1.54, 1.807) is 38.1 Å². The van der Waals surface area contributed by atoms with Gasteiger partial charge < -0.3 is 19.9 Å². The van der Waals surface area contributed by atoms with Crippen LogP contribution in [-0.2, 0) is 20.8 Å². The Morgan fingerprint density at radius 2 is 1.72 bits per heavy atom. The first-order valence-corrected chi connectivity index (χ1v) is 9.65. The van der Waals surface area contributed by atoms with Crippen molar-refractivity contribution in [3.8, 4) is 0 Å². The predicted octanol–water partition coefficient (Wildman–Crippen LogP) is 2.92. The van der Waals surface area contributed by atoms with Crippen LogP contribution in [0.4, 0.5) is 5.00 Å². The molecular weight excluding hydrogens is 398 g/mol. The number of thiophene rings is 1. The number of nitrogens with zero attached hydrogens (tertiary/aromatic N) is 1. The molecule has 0 aliphatic rings. The third-order valence-corrected chi connectivity index (χ3v) is 5.03. The number of rotatable bonds is 7. The molecule has 9 nitrogen and oxygen atoms in total. The number of para-hydroxylation sites is 1. The largest absolute Gasteiger partial charge is 0.462 e. The maximum atomic E-state index is 12.5. The van der Waals surface area contributed by atoms with Gasteiger partial charge in [0.25, 0.3) is 0 Å². The highest BCUT2D eigenvalue weighted by atomic mass is 32.1. The number of carbonyl (C=O) groups is 3. The minimum Gasteiger partial charge on any atom is -0.462 e. The van der Waals surface area contributed by atoms with Gasteiger partial charge in [0, 0.05) is 10.9 Å². The summed E-state index contributed by atoms with van der Waals surface area (Å²) in [6.07, 6.45) is 0. The summed E-state index contributed by atoms with van der Waals surface area (Å²) in [4.78, 5) is 37.2. The summed E-state index contributed by atoms with van der Waals surface area (Å²) in [6.45, 7) is 3.21. The predicted molar refractivity (Wildman–Crippen MR) is 106 cm³/mol. The van der Waals surface area contributed by atoms with Gasteiger partial charge in [-0.25, -0.2) is 14.4 Å². The number of aromatic nitrogens is 2. The first-order valence-electron chi connectivity index (χ1n) is 8.83. The maximum absolute atomic E-state index is 12.5. The number of anilines is 1. The second kappa shape index (κ2) is 8.74. The number of hydrogen-bond acceptors (Lipinski definition) is 9. The fraction of sp³-hybridized carbons (Fsp3) is 0.263. The second-order valence-corrected chi connectivity index (χ2v) is 6.84. The van der Waals surface area contributed by atoms with Crippen molar-refractivity contribution in [3.63, 3.8) is 0 Å². The van der Waals surface area contributed by atoms with E-state index in [1.807, 2.05) is 0 Å². The zero-order valence-electron chi connectivity index (χ0n) is 15.8. The van der Waals surface area contributed by atoms with Crippen molar-refractivity contribution in [1.82, 2.24) is 10.2 Å². The summed E-state index contributed by atoms with van der Waals surface area (Å²) < 4.78 is 15.4. The van der Waals surface area contributed by atoms with E-state index in [0.29, 0.717) is 10.9 Å². The summed E-state index contributed by atoms with van der Waals surface area (Å²) in [5.41, 5.74) is 6.86. The van der Waals surface area contributed by atoms with E-state index in [9.17, 15) is 14.4 Å². The zero-order chi connectivity index (χ0) is 21.0. The molecule has 1 aromatic carbocycles. The first-order chi connectivity index (χ1) is 14.0. The van der Waals surface area contributed by atoms with Crippen molar-refractivity contribution in [2.75, 3.05) is 18.9 Å². The smallest absolute Gasteiger partial charge is 0.359 e. The minimum atomic E-state index is -0.711. The Labute approximate surface area is 169 Å². The van der Waals surface area contributed by atoms with Gasteiger partial charge in [-0.15, -0.1) is 11.3 Å². The molecule has 0 fully saturated rings. The summed E-state index contributed by atoms with van der Waals surface area (Å²) >= 11 is 0.884. The number of nitrogen functional groups attached to an aromatic ring is 1. The van der Waals surface area contributed by atoms with Gasteiger partial charge in [0.1, 0.15) is 22.0 Å². The molecule has 0 aliphatic carbocycles. The van der Waals surface area contributed by atoms with Crippen LogP contribution in [-0.4, -0.2) is 41.3 Å². The van der Waals surface area contributed by atoms with Crippen LogP contribution in [0.5, 0.6) is 0 Å². The molecular formula is C19H19N3O6S.